The van der Waals surface area contributed by atoms with Gasteiger partial charge in [-0.2, -0.15) is 0 Å². The largest absolute Gasteiger partial charge is 0.508 e. The number of likely N-dealkylation sites (tertiary alicyclic amines) is 1. The van der Waals surface area contributed by atoms with Crippen molar-refractivity contribution in [2.24, 2.45) is 11.5 Å². The second-order valence-electron chi connectivity index (χ2n) is 8.30. The third-order valence-corrected chi connectivity index (χ3v) is 5.60. The first kappa shape index (κ1) is 26.6. The maximum atomic E-state index is 12.9. The van der Waals surface area contributed by atoms with Crippen molar-refractivity contribution in [2.45, 2.75) is 63.2 Å². The number of hydrogen-bond donors (Lipinski definition) is 6. The van der Waals surface area contributed by atoms with Crippen molar-refractivity contribution >= 4 is 29.6 Å². The van der Waals surface area contributed by atoms with Crippen molar-refractivity contribution in [1.82, 2.24) is 15.5 Å². The van der Waals surface area contributed by atoms with Gasteiger partial charge in [-0.15, -0.1) is 0 Å². The maximum Gasteiger partial charge on any atom is 0.326 e. The van der Waals surface area contributed by atoms with E-state index in [0.717, 1.165) is 0 Å². The van der Waals surface area contributed by atoms with Gasteiger partial charge >= 0.3 is 5.97 Å². The van der Waals surface area contributed by atoms with Gasteiger partial charge < -0.3 is 37.2 Å². The van der Waals surface area contributed by atoms with E-state index < -0.39 is 53.8 Å². The van der Waals surface area contributed by atoms with Gasteiger partial charge in [-0.05, 0) is 43.9 Å². The van der Waals surface area contributed by atoms with Crippen molar-refractivity contribution in [2.75, 3.05) is 6.54 Å². The molecule has 1 fully saturated rings. The van der Waals surface area contributed by atoms with Gasteiger partial charge in [-0.25, -0.2) is 4.79 Å². The highest BCUT2D eigenvalue weighted by Crippen LogP contribution is 2.19. The Bertz CT molecular complexity index is 921. The van der Waals surface area contributed by atoms with Gasteiger partial charge in [0, 0.05) is 19.4 Å². The molecule has 12 heteroatoms. The Hall–Kier alpha value is -3.67. The van der Waals surface area contributed by atoms with Gasteiger partial charge in [0.1, 0.15) is 23.9 Å². The molecule has 186 valence electrons. The zero-order valence-corrected chi connectivity index (χ0v) is 18.9. The van der Waals surface area contributed by atoms with Crippen molar-refractivity contribution in [1.29, 1.82) is 0 Å². The van der Waals surface area contributed by atoms with Crippen LogP contribution in [-0.4, -0.2) is 75.4 Å². The number of carbonyl (C=O) groups excluding carboxylic acids is 4. The summed E-state index contributed by atoms with van der Waals surface area (Å²) in [5.74, 6) is -3.52. The average Bonchev–Trinajstić information content (AvgIpc) is 3.27. The number of nitrogens with zero attached hydrogens (tertiary/aromatic N) is 1. The topological polar surface area (TPSA) is 205 Å². The summed E-state index contributed by atoms with van der Waals surface area (Å²) in [6.07, 6.45) is 0.854. The molecule has 1 heterocycles. The van der Waals surface area contributed by atoms with E-state index >= 15 is 0 Å². The van der Waals surface area contributed by atoms with Crippen LogP contribution in [0.5, 0.6) is 5.75 Å². The SMILES string of the molecule is C[C@H](NC(=O)[C@@H](N)CCC(N)=O)C(=O)N1CCC[C@H]1C(=O)N[C@@H](Cc1ccc(O)cc1)C(=O)O. The van der Waals surface area contributed by atoms with Crippen molar-refractivity contribution in [3.63, 3.8) is 0 Å². The summed E-state index contributed by atoms with van der Waals surface area (Å²) in [6, 6.07) is 1.85. The Morgan fingerprint density at radius 3 is 2.38 bits per heavy atom. The van der Waals surface area contributed by atoms with Gasteiger partial charge in [0.15, 0.2) is 0 Å². The molecule has 1 saturated heterocycles. The standard InChI is InChI=1S/C22H31N5O7/c1-12(25-19(30)15(23)8-9-18(24)29)21(32)27-10-2-3-17(27)20(31)26-16(22(33)34)11-13-4-6-14(28)7-5-13/h4-7,12,15-17,28H,2-3,8-11,23H2,1H3,(H2,24,29)(H,25,30)(H,26,31)(H,33,34)/t12-,15-,16-,17-/m0/s1. The highest BCUT2D eigenvalue weighted by atomic mass is 16.4. The Labute approximate surface area is 196 Å². The Balaban J connectivity index is 1.98. The lowest BCUT2D eigenvalue weighted by Gasteiger charge is -2.28. The van der Waals surface area contributed by atoms with Crippen LogP contribution in [0.1, 0.15) is 38.2 Å². The smallest absolute Gasteiger partial charge is 0.326 e. The molecule has 1 aliphatic rings. The highest BCUT2D eigenvalue weighted by Gasteiger charge is 2.38. The molecule has 4 atom stereocenters. The number of amides is 4. The van der Waals surface area contributed by atoms with E-state index in [0.29, 0.717) is 18.4 Å². The fraction of sp³-hybridized carbons (Fsp3) is 0.500. The summed E-state index contributed by atoms with van der Waals surface area (Å²) in [7, 11) is 0. The van der Waals surface area contributed by atoms with Crippen molar-refractivity contribution in [3.8, 4) is 5.75 Å². The molecule has 0 unspecified atom stereocenters. The molecule has 0 aromatic heterocycles. The second kappa shape index (κ2) is 12.0. The Kier molecular flexibility index (Phi) is 9.36. The number of phenols is 1. The van der Waals surface area contributed by atoms with Gasteiger partial charge in [-0.3, -0.25) is 19.2 Å². The fourth-order valence-corrected chi connectivity index (χ4v) is 3.70. The molecule has 8 N–H and O–H groups in total. The lowest BCUT2D eigenvalue weighted by Crippen LogP contribution is -2.56. The molecule has 12 nitrogen and oxygen atoms in total. The summed E-state index contributed by atoms with van der Waals surface area (Å²) in [6.45, 7) is 1.74. The van der Waals surface area contributed by atoms with E-state index in [1.807, 2.05) is 0 Å². The van der Waals surface area contributed by atoms with E-state index in [1.165, 1.54) is 24.0 Å². The first-order chi connectivity index (χ1) is 16.0. The highest BCUT2D eigenvalue weighted by molar-refractivity contribution is 5.94. The third-order valence-electron chi connectivity index (χ3n) is 5.60. The lowest BCUT2D eigenvalue weighted by atomic mass is 10.0. The molecule has 1 aliphatic heterocycles. The normalized spacial score (nSPS) is 17.9. The number of carboxylic acids is 1. The number of hydrogen-bond acceptors (Lipinski definition) is 7. The summed E-state index contributed by atoms with van der Waals surface area (Å²) >= 11 is 0. The maximum absolute atomic E-state index is 12.9. The minimum atomic E-state index is -1.23. The number of nitrogens with two attached hydrogens (primary N) is 2. The molecule has 4 amide bonds. The summed E-state index contributed by atoms with van der Waals surface area (Å²) in [4.78, 5) is 61.8. The number of phenolic OH excluding ortho intramolecular Hbond substituents is 1. The molecular weight excluding hydrogens is 446 g/mol. The first-order valence-corrected chi connectivity index (χ1v) is 11.0. The van der Waals surface area contributed by atoms with E-state index in [4.69, 9.17) is 11.5 Å². The van der Waals surface area contributed by atoms with Gasteiger partial charge in [-0.1, -0.05) is 12.1 Å². The van der Waals surface area contributed by atoms with E-state index in [-0.39, 0.29) is 31.6 Å². The summed E-state index contributed by atoms with van der Waals surface area (Å²) in [5.41, 5.74) is 11.4. The van der Waals surface area contributed by atoms with Crippen molar-refractivity contribution < 1.29 is 34.2 Å². The van der Waals surface area contributed by atoms with Crippen LogP contribution in [0.25, 0.3) is 0 Å². The summed E-state index contributed by atoms with van der Waals surface area (Å²) < 4.78 is 0. The number of carboxylic acid groups (broad SMARTS) is 1. The molecule has 0 spiro atoms. The molecule has 0 bridgehead atoms. The molecule has 1 aromatic carbocycles. The third kappa shape index (κ3) is 7.44. The Morgan fingerprint density at radius 2 is 1.79 bits per heavy atom. The lowest BCUT2D eigenvalue weighted by molar-refractivity contribution is -0.144. The van der Waals surface area contributed by atoms with Crippen LogP contribution >= 0.6 is 0 Å². The van der Waals surface area contributed by atoms with Crippen LogP contribution in [0.15, 0.2) is 24.3 Å². The number of carbonyl (C=O) groups is 5. The predicted molar refractivity (Wildman–Crippen MR) is 120 cm³/mol. The second-order valence-corrected chi connectivity index (χ2v) is 8.30. The average molecular weight is 478 g/mol. The van der Waals surface area contributed by atoms with Crippen LogP contribution in [0.3, 0.4) is 0 Å². The summed E-state index contributed by atoms with van der Waals surface area (Å²) in [5, 5.41) is 23.9. The van der Waals surface area contributed by atoms with Crippen LogP contribution in [-0.2, 0) is 30.4 Å². The minimum absolute atomic E-state index is 0.00231. The van der Waals surface area contributed by atoms with Gasteiger partial charge in [0.25, 0.3) is 0 Å². The number of aliphatic carboxylic acids is 1. The molecule has 1 aromatic rings. The first-order valence-electron chi connectivity index (χ1n) is 11.0. The number of aromatic hydroxyl groups is 1. The molecule has 0 radical (unpaired) electrons. The molecular formula is C22H31N5O7. The molecule has 0 aliphatic carbocycles. The number of rotatable bonds is 11. The van der Waals surface area contributed by atoms with E-state index in [1.54, 1.807) is 12.1 Å². The molecule has 34 heavy (non-hydrogen) atoms. The fourth-order valence-electron chi connectivity index (χ4n) is 3.70. The predicted octanol–water partition coefficient (Wildman–Crippen LogP) is -1.41. The quantitative estimate of drug-likeness (QED) is 0.223. The van der Waals surface area contributed by atoms with E-state index in [2.05, 4.69) is 10.6 Å². The molecule has 2 rings (SSSR count). The monoisotopic (exact) mass is 477 g/mol. The van der Waals surface area contributed by atoms with Crippen LogP contribution < -0.4 is 22.1 Å². The van der Waals surface area contributed by atoms with Gasteiger partial charge in [0.2, 0.25) is 23.6 Å². The number of nitrogens with one attached hydrogen (secondary N) is 2. The zero-order chi connectivity index (χ0) is 25.4. The van der Waals surface area contributed by atoms with Crippen LogP contribution in [0.4, 0.5) is 0 Å². The zero-order valence-electron chi connectivity index (χ0n) is 18.9. The number of primary amides is 1. The number of benzene rings is 1. The van der Waals surface area contributed by atoms with Crippen LogP contribution in [0.2, 0.25) is 0 Å². The Morgan fingerprint density at radius 1 is 1.15 bits per heavy atom. The minimum Gasteiger partial charge on any atom is -0.508 e. The van der Waals surface area contributed by atoms with Crippen LogP contribution in [0, 0.1) is 0 Å². The molecule has 0 saturated carbocycles. The van der Waals surface area contributed by atoms with E-state index in [9.17, 15) is 34.2 Å². The van der Waals surface area contributed by atoms with Crippen molar-refractivity contribution in [3.05, 3.63) is 29.8 Å². The van der Waals surface area contributed by atoms with Gasteiger partial charge in [0.05, 0.1) is 6.04 Å².